The Hall–Kier alpha value is -0.190. The Morgan fingerprint density at radius 2 is 1.58 bits per heavy atom. The molecular formula is C15H7Br2ClF7S. The van der Waals surface area contributed by atoms with Gasteiger partial charge in [0, 0.05) is 20.8 Å². The van der Waals surface area contributed by atoms with Crippen molar-refractivity contribution in [3.05, 3.63) is 62.8 Å². The summed E-state index contributed by atoms with van der Waals surface area (Å²) in [6, 6.07) is 6.30. The standard InChI is InChI=1S/C15H7Br2ClF7S/c16-8-5-9(26-15(24,25)13(19,20)14(21,22)23)7-12(17,6-8)10-3-1-2-4-11(10)18/h1-7H. The molecule has 0 bridgehead atoms. The summed E-state index contributed by atoms with van der Waals surface area (Å²) in [5.41, 5.74) is 0.399. The molecule has 1 radical (unpaired) electrons. The second-order valence-corrected chi connectivity index (χ2v) is 8.98. The van der Waals surface area contributed by atoms with E-state index in [9.17, 15) is 30.7 Å². The van der Waals surface area contributed by atoms with E-state index in [1.807, 2.05) is 0 Å². The second-order valence-electron chi connectivity index (χ2n) is 5.16. The molecule has 0 nitrogen and oxygen atoms in total. The van der Waals surface area contributed by atoms with Crippen LogP contribution in [0.5, 0.6) is 0 Å². The zero-order chi connectivity index (χ0) is 20.0. The minimum atomic E-state index is -6.39. The SMILES string of the molecule is FC(F)(F)C(F)(F)C(F)(F)SC1=CC(Br)(c2ccccc2Cl)[CH]C(Br)=C1. The van der Waals surface area contributed by atoms with Gasteiger partial charge in [-0.1, -0.05) is 61.7 Å². The fourth-order valence-electron chi connectivity index (χ4n) is 2.03. The molecule has 2 rings (SSSR count). The van der Waals surface area contributed by atoms with Gasteiger partial charge in [0.15, 0.2) is 0 Å². The van der Waals surface area contributed by atoms with Crippen LogP contribution in [0.3, 0.4) is 0 Å². The third-order valence-corrected chi connectivity index (χ3v) is 5.89. The van der Waals surface area contributed by atoms with Gasteiger partial charge in [-0.3, -0.25) is 0 Å². The zero-order valence-corrected chi connectivity index (χ0v) is 17.0. The maximum absolute atomic E-state index is 13.7. The van der Waals surface area contributed by atoms with E-state index in [4.69, 9.17) is 11.6 Å². The van der Waals surface area contributed by atoms with Crippen LogP contribution >= 0.6 is 55.2 Å². The summed E-state index contributed by atoms with van der Waals surface area (Å²) in [5, 5.41) is -5.16. The van der Waals surface area contributed by atoms with Gasteiger partial charge in [-0.05, 0) is 35.5 Å². The highest BCUT2D eigenvalue weighted by Crippen LogP contribution is 2.56. The zero-order valence-electron chi connectivity index (χ0n) is 12.2. The lowest BCUT2D eigenvalue weighted by molar-refractivity contribution is -0.330. The van der Waals surface area contributed by atoms with Gasteiger partial charge in [0.2, 0.25) is 0 Å². The smallest absolute Gasteiger partial charge is 0.188 e. The van der Waals surface area contributed by atoms with Crippen molar-refractivity contribution < 1.29 is 30.7 Å². The van der Waals surface area contributed by atoms with E-state index in [-0.39, 0.29) is 9.51 Å². The van der Waals surface area contributed by atoms with E-state index in [0.717, 1.165) is 12.2 Å². The van der Waals surface area contributed by atoms with Crippen LogP contribution in [0, 0.1) is 6.42 Å². The summed E-state index contributed by atoms with van der Waals surface area (Å²) in [6.45, 7) is 0. The monoisotopic (exact) mass is 545 g/mol. The number of thioether (sulfide) groups is 1. The first-order valence-electron chi connectivity index (χ1n) is 6.61. The highest BCUT2D eigenvalue weighted by molar-refractivity contribution is 9.12. The van der Waals surface area contributed by atoms with Crippen molar-refractivity contribution in [2.24, 2.45) is 0 Å². The van der Waals surface area contributed by atoms with Gasteiger partial charge in [0.25, 0.3) is 0 Å². The van der Waals surface area contributed by atoms with Crippen LogP contribution in [0.1, 0.15) is 5.56 Å². The lowest BCUT2D eigenvalue weighted by atomic mass is 9.92. The summed E-state index contributed by atoms with van der Waals surface area (Å²) in [5.74, 6) is -6.20. The largest absolute Gasteiger partial charge is 0.460 e. The third-order valence-electron chi connectivity index (χ3n) is 3.23. The minimum Gasteiger partial charge on any atom is -0.188 e. The maximum Gasteiger partial charge on any atom is 0.460 e. The Kier molecular flexibility index (Phi) is 6.23. The van der Waals surface area contributed by atoms with Crippen LogP contribution < -0.4 is 0 Å². The molecule has 1 atom stereocenters. The van der Waals surface area contributed by atoms with E-state index in [1.165, 1.54) is 12.5 Å². The maximum atomic E-state index is 13.7. The molecule has 0 heterocycles. The van der Waals surface area contributed by atoms with Crippen molar-refractivity contribution in [1.82, 2.24) is 0 Å². The van der Waals surface area contributed by atoms with E-state index in [2.05, 4.69) is 31.9 Å². The normalized spacial score (nSPS) is 22.1. The summed E-state index contributed by atoms with van der Waals surface area (Å²) in [4.78, 5) is -0.495. The van der Waals surface area contributed by atoms with Gasteiger partial charge < -0.3 is 0 Å². The molecule has 1 aromatic rings. The van der Waals surface area contributed by atoms with Crippen LogP contribution in [0.15, 0.2) is 45.8 Å². The van der Waals surface area contributed by atoms with Crippen LogP contribution in [-0.2, 0) is 4.32 Å². The fourth-order valence-corrected chi connectivity index (χ4v) is 5.47. The average molecular weight is 548 g/mol. The predicted octanol–water partition coefficient (Wildman–Crippen LogP) is 7.83. The molecule has 143 valence electrons. The van der Waals surface area contributed by atoms with Crippen LogP contribution in [0.25, 0.3) is 0 Å². The molecule has 0 saturated heterocycles. The molecule has 0 spiro atoms. The van der Waals surface area contributed by atoms with Crippen molar-refractivity contribution in [2.75, 3.05) is 0 Å². The number of alkyl halides is 8. The van der Waals surface area contributed by atoms with E-state index in [1.54, 1.807) is 18.2 Å². The Bertz CT molecular complexity index is 761. The van der Waals surface area contributed by atoms with Gasteiger partial charge in [-0.2, -0.15) is 30.7 Å². The summed E-state index contributed by atoms with van der Waals surface area (Å²) in [6.07, 6.45) is -2.79. The Morgan fingerprint density at radius 3 is 2.12 bits per heavy atom. The first-order valence-corrected chi connectivity index (χ1v) is 9.39. The Balaban J connectivity index is 2.43. The highest BCUT2D eigenvalue weighted by atomic mass is 79.9. The van der Waals surface area contributed by atoms with E-state index < -0.39 is 38.3 Å². The van der Waals surface area contributed by atoms with Crippen molar-refractivity contribution in [3.8, 4) is 0 Å². The van der Waals surface area contributed by atoms with Crippen molar-refractivity contribution in [3.63, 3.8) is 0 Å². The van der Waals surface area contributed by atoms with Gasteiger partial charge in [-0.25, -0.2) is 0 Å². The lowest BCUT2D eigenvalue weighted by Crippen LogP contribution is -2.50. The Labute approximate surface area is 170 Å². The van der Waals surface area contributed by atoms with Crippen LogP contribution in [0.4, 0.5) is 30.7 Å². The summed E-state index contributed by atoms with van der Waals surface area (Å²) in [7, 11) is 0. The molecule has 1 aliphatic rings. The number of hydrogen-bond acceptors (Lipinski definition) is 1. The minimum absolute atomic E-state index is 0.199. The van der Waals surface area contributed by atoms with E-state index in [0.29, 0.717) is 5.56 Å². The molecule has 0 aliphatic heterocycles. The first-order chi connectivity index (χ1) is 11.7. The molecular weight excluding hydrogens is 540 g/mol. The van der Waals surface area contributed by atoms with Gasteiger partial charge in [0.1, 0.15) is 0 Å². The van der Waals surface area contributed by atoms with Crippen molar-refractivity contribution >= 4 is 55.2 Å². The molecule has 1 aliphatic carbocycles. The molecule has 0 N–H and O–H groups in total. The van der Waals surface area contributed by atoms with Crippen LogP contribution in [0.2, 0.25) is 5.02 Å². The predicted molar refractivity (Wildman–Crippen MR) is 95.0 cm³/mol. The molecule has 1 aromatic carbocycles. The highest BCUT2D eigenvalue weighted by Gasteiger charge is 2.73. The summed E-state index contributed by atoms with van der Waals surface area (Å²) >= 11 is 11.5. The molecule has 11 heteroatoms. The lowest BCUT2D eigenvalue weighted by Gasteiger charge is -2.32. The molecule has 0 aromatic heterocycles. The number of hydrogen-bond donors (Lipinski definition) is 0. The van der Waals surface area contributed by atoms with E-state index >= 15 is 0 Å². The number of allylic oxidation sites excluding steroid dienone is 3. The molecule has 0 amide bonds. The van der Waals surface area contributed by atoms with Gasteiger partial charge in [-0.15, -0.1) is 0 Å². The van der Waals surface area contributed by atoms with Crippen molar-refractivity contribution in [1.29, 1.82) is 0 Å². The molecule has 0 fully saturated rings. The van der Waals surface area contributed by atoms with Crippen molar-refractivity contribution in [2.45, 2.75) is 21.7 Å². The van der Waals surface area contributed by atoms with Crippen LogP contribution in [-0.4, -0.2) is 17.4 Å². The second kappa shape index (κ2) is 7.33. The Morgan fingerprint density at radius 1 is 1.00 bits per heavy atom. The third kappa shape index (κ3) is 4.28. The number of halogens is 10. The molecule has 26 heavy (non-hydrogen) atoms. The van der Waals surface area contributed by atoms with Gasteiger partial charge >= 0.3 is 17.4 Å². The van der Waals surface area contributed by atoms with Gasteiger partial charge in [0.05, 0.1) is 4.32 Å². The number of rotatable bonds is 4. The summed E-state index contributed by atoms with van der Waals surface area (Å²) < 4.78 is 89.5. The molecule has 0 saturated carbocycles. The quantitative estimate of drug-likeness (QED) is 0.274. The fraction of sp³-hybridized carbons (Fsp3) is 0.267. The number of benzene rings is 1. The average Bonchev–Trinajstić information content (AvgIpc) is 2.44. The first kappa shape index (κ1) is 22.1. The molecule has 1 unspecified atom stereocenters. The topological polar surface area (TPSA) is 0 Å².